The molecule has 0 saturated carbocycles. The molecule has 0 aliphatic carbocycles. The number of amides is 2. The van der Waals surface area contributed by atoms with Crippen LogP contribution in [0.25, 0.3) is 0 Å². The van der Waals surface area contributed by atoms with E-state index >= 15 is 0 Å². The summed E-state index contributed by atoms with van der Waals surface area (Å²) >= 11 is 0. The molecule has 2 fully saturated rings. The van der Waals surface area contributed by atoms with Crippen molar-refractivity contribution in [2.24, 2.45) is 0 Å². The van der Waals surface area contributed by atoms with Gasteiger partial charge in [0, 0.05) is 38.8 Å². The van der Waals surface area contributed by atoms with Gasteiger partial charge >= 0.3 is 11.8 Å². The molecule has 0 spiro atoms. The van der Waals surface area contributed by atoms with Gasteiger partial charge in [0.2, 0.25) is 10.0 Å². The van der Waals surface area contributed by atoms with Crippen LogP contribution in [-0.2, 0) is 26.2 Å². The van der Waals surface area contributed by atoms with Gasteiger partial charge in [0.05, 0.1) is 4.90 Å². The number of hydrogen-bond donors (Lipinski definition) is 0. The lowest BCUT2D eigenvalue weighted by Crippen LogP contribution is -2.58. The number of benzene rings is 2. The minimum Gasteiger partial charge on any atom is -0.330 e. The zero-order chi connectivity index (χ0) is 22.0. The molecule has 2 aliphatic rings. The number of carbonyl (C=O) groups excluding carboxylic acids is 2. The normalized spacial score (nSPS) is 19.1. The van der Waals surface area contributed by atoms with Crippen LogP contribution in [0.4, 0.5) is 0 Å². The number of aryl methyl sites for hydroxylation is 1. The van der Waals surface area contributed by atoms with Crippen LogP contribution < -0.4 is 0 Å². The molecule has 4 rings (SSSR count). The van der Waals surface area contributed by atoms with Crippen LogP contribution in [0.15, 0.2) is 59.5 Å². The number of piperidine rings is 1. The third kappa shape index (κ3) is 4.50. The summed E-state index contributed by atoms with van der Waals surface area (Å²) in [7, 11) is -3.55. The summed E-state index contributed by atoms with van der Waals surface area (Å²) in [5.41, 5.74) is 2.00. The molecule has 2 aliphatic heterocycles. The molecule has 0 radical (unpaired) electrons. The number of sulfonamides is 1. The second-order valence-electron chi connectivity index (χ2n) is 8.16. The lowest BCUT2D eigenvalue weighted by Gasteiger charge is -2.41. The van der Waals surface area contributed by atoms with Crippen LogP contribution in [0.1, 0.15) is 24.0 Å². The van der Waals surface area contributed by atoms with E-state index in [1.807, 2.05) is 37.3 Å². The number of hydrogen-bond acceptors (Lipinski definition) is 4. The van der Waals surface area contributed by atoms with Crippen molar-refractivity contribution in [3.8, 4) is 0 Å². The zero-order valence-electron chi connectivity index (χ0n) is 17.6. The van der Waals surface area contributed by atoms with Gasteiger partial charge in [0.1, 0.15) is 0 Å². The number of rotatable bonds is 5. The first-order valence-electron chi connectivity index (χ1n) is 10.6. The molecule has 2 saturated heterocycles. The summed E-state index contributed by atoms with van der Waals surface area (Å²) in [6, 6.07) is 16.3. The molecule has 0 bridgehead atoms. The van der Waals surface area contributed by atoms with Crippen LogP contribution in [0.5, 0.6) is 0 Å². The summed E-state index contributed by atoms with van der Waals surface area (Å²) in [5, 5.41) is 0. The second kappa shape index (κ2) is 8.80. The Kier molecular flexibility index (Phi) is 6.11. The summed E-state index contributed by atoms with van der Waals surface area (Å²) < 4.78 is 27.3. The topological polar surface area (TPSA) is 78.0 Å². The first-order chi connectivity index (χ1) is 14.9. The van der Waals surface area contributed by atoms with Crippen molar-refractivity contribution in [3.05, 3.63) is 65.7 Å². The molecule has 31 heavy (non-hydrogen) atoms. The zero-order valence-corrected chi connectivity index (χ0v) is 18.4. The van der Waals surface area contributed by atoms with E-state index in [1.54, 1.807) is 34.1 Å². The van der Waals surface area contributed by atoms with Crippen LogP contribution in [0, 0.1) is 6.92 Å². The maximum Gasteiger partial charge on any atom is 0.312 e. The van der Waals surface area contributed by atoms with Crippen LogP contribution in [0.2, 0.25) is 0 Å². The molecule has 2 aromatic carbocycles. The maximum atomic E-state index is 12.9. The smallest absolute Gasteiger partial charge is 0.312 e. The average molecular weight is 442 g/mol. The SMILES string of the molecule is Cc1ccc(S(=O)(=O)N2CCC(N3CCN(Cc4ccccc4)C(=O)C3=O)CC2)cc1. The molecule has 0 N–H and O–H groups in total. The van der Waals surface area contributed by atoms with E-state index in [-0.39, 0.29) is 10.9 Å². The third-order valence-corrected chi connectivity index (χ3v) is 7.99. The molecular weight excluding hydrogens is 414 g/mol. The minimum absolute atomic E-state index is 0.111. The molecule has 164 valence electrons. The summed E-state index contributed by atoms with van der Waals surface area (Å²) in [6.07, 6.45) is 1.06. The van der Waals surface area contributed by atoms with Gasteiger partial charge in [0.25, 0.3) is 0 Å². The molecule has 2 aromatic rings. The lowest BCUT2D eigenvalue weighted by atomic mass is 10.0. The van der Waals surface area contributed by atoms with E-state index in [4.69, 9.17) is 0 Å². The van der Waals surface area contributed by atoms with Gasteiger partial charge in [0.15, 0.2) is 0 Å². The Morgan fingerprint density at radius 3 is 2.13 bits per heavy atom. The highest BCUT2D eigenvalue weighted by atomic mass is 32.2. The van der Waals surface area contributed by atoms with Gasteiger partial charge < -0.3 is 9.80 Å². The highest BCUT2D eigenvalue weighted by molar-refractivity contribution is 7.89. The van der Waals surface area contributed by atoms with Gasteiger partial charge in [-0.15, -0.1) is 0 Å². The monoisotopic (exact) mass is 441 g/mol. The molecule has 0 aromatic heterocycles. The number of piperazine rings is 1. The van der Waals surface area contributed by atoms with Gasteiger partial charge in [-0.1, -0.05) is 48.0 Å². The first kappa shape index (κ1) is 21.5. The van der Waals surface area contributed by atoms with E-state index in [0.29, 0.717) is 45.6 Å². The third-order valence-electron chi connectivity index (χ3n) is 6.08. The van der Waals surface area contributed by atoms with E-state index in [1.165, 1.54) is 4.31 Å². The summed E-state index contributed by atoms with van der Waals surface area (Å²) in [5.74, 6) is -0.966. The molecule has 0 unspecified atom stereocenters. The van der Waals surface area contributed by atoms with Gasteiger partial charge in [-0.2, -0.15) is 4.31 Å². The summed E-state index contributed by atoms with van der Waals surface area (Å²) in [6.45, 7) is 3.99. The fourth-order valence-corrected chi connectivity index (χ4v) is 5.72. The van der Waals surface area contributed by atoms with Crippen molar-refractivity contribution < 1.29 is 18.0 Å². The maximum absolute atomic E-state index is 12.9. The van der Waals surface area contributed by atoms with E-state index in [9.17, 15) is 18.0 Å². The molecule has 2 heterocycles. The Balaban J connectivity index is 1.36. The van der Waals surface area contributed by atoms with E-state index < -0.39 is 21.8 Å². The highest BCUT2D eigenvalue weighted by Gasteiger charge is 2.39. The Morgan fingerprint density at radius 1 is 0.839 bits per heavy atom. The lowest BCUT2D eigenvalue weighted by molar-refractivity contribution is -0.158. The highest BCUT2D eigenvalue weighted by Crippen LogP contribution is 2.25. The van der Waals surface area contributed by atoms with Gasteiger partial charge in [-0.3, -0.25) is 9.59 Å². The Bertz CT molecular complexity index is 1050. The van der Waals surface area contributed by atoms with Crippen LogP contribution >= 0.6 is 0 Å². The molecule has 0 atom stereocenters. The quantitative estimate of drug-likeness (QED) is 0.665. The number of carbonyl (C=O) groups is 2. The molecule has 2 amide bonds. The van der Waals surface area contributed by atoms with Crippen molar-refractivity contribution in [2.75, 3.05) is 26.2 Å². The molecule has 8 heteroatoms. The van der Waals surface area contributed by atoms with Crippen LogP contribution in [0.3, 0.4) is 0 Å². The minimum atomic E-state index is -3.55. The van der Waals surface area contributed by atoms with E-state index in [0.717, 1.165) is 11.1 Å². The second-order valence-corrected chi connectivity index (χ2v) is 10.1. The molecular formula is C23H27N3O4S. The van der Waals surface area contributed by atoms with Crippen LogP contribution in [-0.4, -0.2) is 66.6 Å². The van der Waals surface area contributed by atoms with Gasteiger partial charge in [-0.05, 0) is 37.5 Å². The van der Waals surface area contributed by atoms with Crippen molar-refractivity contribution in [3.63, 3.8) is 0 Å². The first-order valence-corrected chi connectivity index (χ1v) is 12.0. The van der Waals surface area contributed by atoms with Crippen molar-refractivity contribution in [1.29, 1.82) is 0 Å². The Morgan fingerprint density at radius 2 is 1.48 bits per heavy atom. The number of nitrogens with zero attached hydrogens (tertiary/aromatic N) is 3. The summed E-state index contributed by atoms with van der Waals surface area (Å²) in [4.78, 5) is 28.9. The van der Waals surface area contributed by atoms with E-state index in [2.05, 4.69) is 0 Å². The van der Waals surface area contributed by atoms with Crippen molar-refractivity contribution in [1.82, 2.24) is 14.1 Å². The van der Waals surface area contributed by atoms with Gasteiger partial charge in [-0.25, -0.2) is 8.42 Å². The van der Waals surface area contributed by atoms with Crippen molar-refractivity contribution >= 4 is 21.8 Å². The fourth-order valence-electron chi connectivity index (χ4n) is 4.25. The fraction of sp³-hybridized carbons (Fsp3) is 0.391. The molecule has 7 nitrogen and oxygen atoms in total. The Labute approximate surface area is 183 Å². The average Bonchev–Trinajstić information content (AvgIpc) is 2.78. The Hall–Kier alpha value is -2.71. The van der Waals surface area contributed by atoms with Crippen molar-refractivity contribution in [2.45, 2.75) is 37.2 Å². The largest absolute Gasteiger partial charge is 0.330 e. The predicted molar refractivity (Wildman–Crippen MR) is 117 cm³/mol. The standard InChI is InChI=1S/C23H27N3O4S/c1-18-7-9-21(10-8-18)31(29,30)25-13-11-20(12-14-25)26-16-15-24(22(27)23(26)28)17-19-5-3-2-4-6-19/h2-10,20H,11-17H2,1H3. The predicted octanol–water partition coefficient (Wildman–Crippen LogP) is 2.02.